The molecule has 4 rings (SSSR count). The molecule has 0 fully saturated rings. The summed E-state index contributed by atoms with van der Waals surface area (Å²) in [4.78, 5) is 6.84. The van der Waals surface area contributed by atoms with E-state index in [1.54, 1.807) is 0 Å². The van der Waals surface area contributed by atoms with Crippen molar-refractivity contribution in [2.75, 3.05) is 4.81 Å². The maximum Gasteiger partial charge on any atom is 0.447 e. The van der Waals surface area contributed by atoms with Gasteiger partial charge in [0.2, 0.25) is 5.71 Å². The van der Waals surface area contributed by atoms with E-state index in [1.807, 2.05) is 19.1 Å². The number of nitrogens with zero attached hydrogens (tertiary/aromatic N) is 3. The van der Waals surface area contributed by atoms with Crippen LogP contribution in [0.4, 0.5) is 5.82 Å². The van der Waals surface area contributed by atoms with Crippen molar-refractivity contribution in [3.8, 4) is 0 Å². The van der Waals surface area contributed by atoms with Crippen LogP contribution in [0, 0.1) is 6.92 Å². The summed E-state index contributed by atoms with van der Waals surface area (Å²) < 4.78 is 8.25. The van der Waals surface area contributed by atoms with Crippen LogP contribution in [0.1, 0.15) is 18.2 Å². The second-order valence-corrected chi connectivity index (χ2v) is 6.19. The first kappa shape index (κ1) is 14.1. The van der Waals surface area contributed by atoms with E-state index in [0.717, 1.165) is 33.8 Å². The number of furan rings is 1. The molecule has 0 aliphatic carbocycles. The Morgan fingerprint density at radius 2 is 2.00 bits per heavy atom. The van der Waals surface area contributed by atoms with Crippen molar-refractivity contribution < 1.29 is 8.98 Å². The highest BCUT2D eigenvalue weighted by Crippen LogP contribution is 2.29. The van der Waals surface area contributed by atoms with E-state index in [0.29, 0.717) is 0 Å². The number of fused-ring (bicyclic) bond motifs is 3. The van der Waals surface area contributed by atoms with Crippen molar-refractivity contribution in [1.82, 2.24) is 4.98 Å². The molecule has 3 aromatic heterocycles. The quantitative estimate of drug-likeness (QED) is 0.512. The van der Waals surface area contributed by atoms with Crippen LogP contribution in [-0.2, 0) is 7.05 Å². The highest BCUT2D eigenvalue weighted by Gasteiger charge is 2.40. The predicted octanol–water partition coefficient (Wildman–Crippen LogP) is 2.67. The van der Waals surface area contributed by atoms with Gasteiger partial charge in [-0.3, -0.25) is 4.81 Å². The van der Waals surface area contributed by atoms with Crippen LogP contribution in [0.15, 0.2) is 46.6 Å². The standard InChI is InChI=1S/C18H19BN3O/c1-12-8-9-14-15-11-13(2)22(16-7-5-6-10-21(16)4)19(3)17(15)23-18(14)20-12/h5-11H,1-4H3/q+1. The minimum Gasteiger partial charge on any atom is -0.447 e. The van der Waals surface area contributed by atoms with Gasteiger partial charge in [0.05, 0.1) is 18.9 Å². The molecule has 3 aromatic rings. The van der Waals surface area contributed by atoms with E-state index in [9.17, 15) is 0 Å². The van der Waals surface area contributed by atoms with Crippen molar-refractivity contribution in [1.29, 1.82) is 0 Å². The Morgan fingerprint density at radius 1 is 1.17 bits per heavy atom. The molecule has 0 saturated heterocycles. The topological polar surface area (TPSA) is 33.2 Å². The van der Waals surface area contributed by atoms with Gasteiger partial charge in [0.15, 0.2) is 0 Å². The van der Waals surface area contributed by atoms with Crippen molar-refractivity contribution in [3.05, 3.63) is 53.5 Å². The minimum atomic E-state index is 0.123. The second kappa shape index (κ2) is 4.98. The number of hydrogen-bond acceptors (Lipinski definition) is 3. The van der Waals surface area contributed by atoms with E-state index in [4.69, 9.17) is 4.42 Å². The summed E-state index contributed by atoms with van der Waals surface area (Å²) >= 11 is 0. The van der Waals surface area contributed by atoms with Gasteiger partial charge in [-0.1, -0.05) is 6.07 Å². The predicted molar refractivity (Wildman–Crippen MR) is 93.7 cm³/mol. The molecule has 0 amide bonds. The SMILES string of the molecule is CB1c2oc3nc(C)ccc3c2C=C(C)N1c1cccc[n+]1C. The molecule has 0 atom stereocenters. The lowest BCUT2D eigenvalue weighted by Crippen LogP contribution is -2.52. The smallest absolute Gasteiger partial charge is 0.447 e. The van der Waals surface area contributed by atoms with Crippen LogP contribution in [0.25, 0.3) is 17.2 Å². The first-order valence-electron chi connectivity index (χ1n) is 7.88. The number of pyridine rings is 2. The average Bonchev–Trinajstić information content (AvgIpc) is 2.87. The maximum absolute atomic E-state index is 6.12. The van der Waals surface area contributed by atoms with Crippen LogP contribution < -0.4 is 15.0 Å². The van der Waals surface area contributed by atoms with Crippen LogP contribution in [0.3, 0.4) is 0 Å². The number of aromatic nitrogens is 2. The number of hydrogen-bond donors (Lipinski definition) is 0. The molecule has 0 unspecified atom stereocenters. The summed E-state index contributed by atoms with van der Waals surface area (Å²) in [6.07, 6.45) is 4.26. The van der Waals surface area contributed by atoms with Crippen molar-refractivity contribution >= 4 is 35.5 Å². The Kier molecular flexibility index (Phi) is 3.05. The Balaban J connectivity index is 1.91. The van der Waals surface area contributed by atoms with Crippen LogP contribution in [0.5, 0.6) is 0 Å². The molecule has 4 heterocycles. The third-order valence-corrected chi connectivity index (χ3v) is 4.54. The summed E-state index contributed by atoms with van der Waals surface area (Å²) in [6.45, 7) is 6.43. The molecule has 1 aliphatic heterocycles. The number of allylic oxidation sites excluding steroid dienone is 1. The van der Waals surface area contributed by atoms with E-state index >= 15 is 0 Å². The van der Waals surface area contributed by atoms with Gasteiger partial charge < -0.3 is 4.42 Å². The zero-order valence-electron chi connectivity index (χ0n) is 13.9. The van der Waals surface area contributed by atoms with E-state index in [-0.39, 0.29) is 6.85 Å². The lowest BCUT2D eigenvalue weighted by Gasteiger charge is -2.25. The van der Waals surface area contributed by atoms with Crippen molar-refractivity contribution in [2.24, 2.45) is 7.05 Å². The Labute approximate surface area is 136 Å². The highest BCUT2D eigenvalue weighted by molar-refractivity contribution is 6.76. The summed E-state index contributed by atoms with van der Waals surface area (Å²) in [5.74, 6) is 1.14. The summed E-state index contributed by atoms with van der Waals surface area (Å²) in [5.41, 5.74) is 5.04. The average molecular weight is 304 g/mol. The first-order chi connectivity index (χ1) is 11.1. The van der Waals surface area contributed by atoms with Crippen LogP contribution in [0.2, 0.25) is 6.82 Å². The van der Waals surface area contributed by atoms with Gasteiger partial charge in [0.25, 0.3) is 5.82 Å². The van der Waals surface area contributed by atoms with Gasteiger partial charge >= 0.3 is 6.85 Å². The largest absolute Gasteiger partial charge is 0.447 e. The fourth-order valence-electron chi connectivity index (χ4n) is 3.41. The number of rotatable bonds is 1. The monoisotopic (exact) mass is 304 g/mol. The summed E-state index contributed by atoms with van der Waals surface area (Å²) in [6, 6.07) is 10.4. The van der Waals surface area contributed by atoms with E-state index < -0.39 is 0 Å². The molecule has 4 nitrogen and oxygen atoms in total. The summed E-state index contributed by atoms with van der Waals surface area (Å²) in [7, 11) is 2.06. The molecule has 0 saturated carbocycles. The third-order valence-electron chi connectivity index (χ3n) is 4.54. The lowest BCUT2D eigenvalue weighted by molar-refractivity contribution is -0.658. The molecular weight excluding hydrogens is 285 g/mol. The van der Waals surface area contributed by atoms with Gasteiger partial charge in [-0.15, -0.1) is 0 Å². The van der Waals surface area contributed by atoms with Crippen molar-refractivity contribution in [3.63, 3.8) is 0 Å². The van der Waals surface area contributed by atoms with Gasteiger partial charge in [0, 0.05) is 22.7 Å². The van der Waals surface area contributed by atoms with Gasteiger partial charge in [-0.05, 0) is 44.9 Å². The third kappa shape index (κ3) is 2.07. The molecule has 114 valence electrons. The van der Waals surface area contributed by atoms with Gasteiger partial charge in [-0.2, -0.15) is 0 Å². The maximum atomic E-state index is 6.12. The lowest BCUT2D eigenvalue weighted by atomic mass is 9.57. The van der Waals surface area contributed by atoms with Crippen LogP contribution in [-0.4, -0.2) is 11.8 Å². The molecule has 23 heavy (non-hydrogen) atoms. The molecule has 5 heteroatoms. The molecule has 1 aliphatic rings. The molecule has 0 N–H and O–H groups in total. The number of aryl methyl sites for hydroxylation is 2. The zero-order chi connectivity index (χ0) is 16.1. The molecular formula is C18H19BN3O+. The molecule has 0 spiro atoms. The van der Waals surface area contributed by atoms with Crippen molar-refractivity contribution in [2.45, 2.75) is 20.7 Å². The van der Waals surface area contributed by atoms with Gasteiger partial charge in [0.1, 0.15) is 5.66 Å². The Bertz CT molecular complexity index is 945. The van der Waals surface area contributed by atoms with E-state index in [2.05, 4.69) is 65.6 Å². The summed E-state index contributed by atoms with van der Waals surface area (Å²) in [5, 5.41) is 1.09. The minimum absolute atomic E-state index is 0.123. The normalized spacial score (nSPS) is 14.2. The van der Waals surface area contributed by atoms with E-state index in [1.165, 1.54) is 5.70 Å². The Morgan fingerprint density at radius 3 is 2.78 bits per heavy atom. The molecule has 0 bridgehead atoms. The molecule has 0 radical (unpaired) electrons. The fourth-order valence-corrected chi connectivity index (χ4v) is 3.41. The fraction of sp³-hybridized carbons (Fsp3) is 0.222. The van der Waals surface area contributed by atoms with Crippen LogP contribution >= 0.6 is 0 Å². The zero-order valence-corrected chi connectivity index (χ0v) is 13.9. The Hall–Kier alpha value is -2.56. The molecule has 0 aromatic carbocycles. The number of anilines is 1. The highest BCUT2D eigenvalue weighted by atomic mass is 16.3. The first-order valence-corrected chi connectivity index (χ1v) is 7.88. The van der Waals surface area contributed by atoms with Gasteiger partial charge in [-0.25, -0.2) is 9.55 Å². The second-order valence-electron chi connectivity index (χ2n) is 6.19.